The van der Waals surface area contributed by atoms with Crippen LogP contribution >= 0.6 is 11.6 Å². The maximum Gasteiger partial charge on any atom is 0.145 e. The van der Waals surface area contributed by atoms with E-state index in [2.05, 4.69) is 6.58 Å². The van der Waals surface area contributed by atoms with E-state index in [4.69, 9.17) is 11.6 Å². The predicted molar refractivity (Wildman–Crippen MR) is 98.8 cm³/mol. The number of hydrogen-bond acceptors (Lipinski definition) is 0. The smallest absolute Gasteiger partial charge is 0.145 e. The van der Waals surface area contributed by atoms with Crippen LogP contribution in [0.15, 0.2) is 30.9 Å². The van der Waals surface area contributed by atoms with E-state index in [9.17, 15) is 13.2 Å². The summed E-state index contributed by atoms with van der Waals surface area (Å²) in [7, 11) is 0. The van der Waals surface area contributed by atoms with Gasteiger partial charge < -0.3 is 0 Å². The van der Waals surface area contributed by atoms with Gasteiger partial charge in [-0.1, -0.05) is 17.7 Å². The molecule has 4 rings (SSSR count). The molecule has 0 saturated heterocycles. The van der Waals surface area contributed by atoms with E-state index in [1.807, 2.05) is 6.08 Å². The van der Waals surface area contributed by atoms with Gasteiger partial charge in [0, 0.05) is 0 Å². The Morgan fingerprint density at radius 2 is 1.67 bits per heavy atom. The number of halogens is 5. The maximum atomic E-state index is 15.2. The van der Waals surface area contributed by atoms with Crippen LogP contribution in [0.5, 0.6) is 0 Å². The molecule has 1 fully saturated rings. The van der Waals surface area contributed by atoms with Crippen molar-refractivity contribution in [2.24, 2.45) is 11.8 Å². The normalized spacial score (nSPS) is 24.3. The first-order valence-electron chi connectivity index (χ1n) is 9.19. The second-order valence-electron chi connectivity index (χ2n) is 7.58. The van der Waals surface area contributed by atoms with Crippen molar-refractivity contribution in [3.63, 3.8) is 0 Å². The summed E-state index contributed by atoms with van der Waals surface area (Å²) in [5, 5.41) is -0.681. The zero-order valence-corrected chi connectivity index (χ0v) is 15.4. The molecule has 0 amide bonds. The van der Waals surface area contributed by atoms with Crippen molar-refractivity contribution in [1.29, 1.82) is 0 Å². The van der Waals surface area contributed by atoms with E-state index < -0.39 is 28.3 Å². The lowest BCUT2D eigenvalue weighted by Crippen LogP contribution is -2.28. The van der Waals surface area contributed by atoms with Gasteiger partial charge in [-0.15, -0.1) is 6.58 Å². The molecule has 0 bridgehead atoms. The fourth-order valence-electron chi connectivity index (χ4n) is 4.80. The molecule has 0 heterocycles. The Labute approximate surface area is 160 Å². The molecule has 0 spiro atoms. The summed E-state index contributed by atoms with van der Waals surface area (Å²) in [6, 6.07) is 3.11. The number of benzene rings is 2. The van der Waals surface area contributed by atoms with E-state index in [1.54, 1.807) is 0 Å². The molecular weight excluding hydrogens is 376 g/mol. The van der Waals surface area contributed by atoms with E-state index in [0.717, 1.165) is 37.8 Å². The van der Waals surface area contributed by atoms with E-state index >= 15 is 4.39 Å². The van der Waals surface area contributed by atoms with Gasteiger partial charge >= 0.3 is 0 Å². The van der Waals surface area contributed by atoms with Gasteiger partial charge in [-0.2, -0.15) is 0 Å². The van der Waals surface area contributed by atoms with E-state index in [0.29, 0.717) is 29.4 Å². The summed E-state index contributed by atoms with van der Waals surface area (Å²) in [5.41, 5.74) is 0.619. The molecule has 1 saturated carbocycles. The minimum atomic E-state index is -1.04. The molecule has 2 aliphatic carbocycles. The van der Waals surface area contributed by atoms with Gasteiger partial charge in [0.05, 0.1) is 5.56 Å². The summed E-state index contributed by atoms with van der Waals surface area (Å²) in [6.45, 7) is 3.87. The minimum Gasteiger partial charge on any atom is -0.206 e. The van der Waals surface area contributed by atoms with Crippen LogP contribution < -0.4 is 0 Å². The van der Waals surface area contributed by atoms with Gasteiger partial charge in [0.25, 0.3) is 0 Å². The van der Waals surface area contributed by atoms with Gasteiger partial charge in [0.15, 0.2) is 0 Å². The van der Waals surface area contributed by atoms with Crippen LogP contribution in [0, 0.1) is 35.1 Å². The first kappa shape index (κ1) is 18.5. The zero-order valence-electron chi connectivity index (χ0n) is 14.7. The van der Waals surface area contributed by atoms with Crippen molar-refractivity contribution in [2.45, 2.75) is 38.0 Å². The third kappa shape index (κ3) is 3.08. The number of hydrogen-bond donors (Lipinski definition) is 0. The summed E-state index contributed by atoms with van der Waals surface area (Å²) >= 11 is 5.49. The Morgan fingerprint density at radius 1 is 0.963 bits per heavy atom. The molecule has 2 aliphatic rings. The average molecular weight is 395 g/mol. The summed E-state index contributed by atoms with van der Waals surface area (Å²) in [5.74, 6) is -2.60. The second-order valence-corrected chi connectivity index (χ2v) is 7.96. The highest BCUT2D eigenvalue weighted by Gasteiger charge is 2.37. The molecule has 0 N–H and O–H groups in total. The molecule has 2 aromatic carbocycles. The van der Waals surface area contributed by atoms with Gasteiger partial charge in [-0.3, -0.25) is 0 Å². The average Bonchev–Trinajstić information content (AvgIpc) is 2.65. The largest absolute Gasteiger partial charge is 0.206 e. The number of fused-ring (bicyclic) bond motifs is 3. The summed E-state index contributed by atoms with van der Waals surface area (Å²) in [4.78, 5) is 0. The van der Waals surface area contributed by atoms with Crippen molar-refractivity contribution >= 4 is 11.6 Å². The lowest BCUT2D eigenvalue weighted by molar-refractivity contribution is 0.235. The Hall–Kier alpha value is -1.81. The van der Waals surface area contributed by atoms with Crippen molar-refractivity contribution in [3.8, 4) is 11.1 Å². The molecule has 0 aliphatic heterocycles. The Kier molecular flexibility index (Phi) is 4.79. The van der Waals surface area contributed by atoms with Gasteiger partial charge in [0.2, 0.25) is 0 Å². The molecule has 27 heavy (non-hydrogen) atoms. The highest BCUT2D eigenvalue weighted by Crippen LogP contribution is 2.49. The van der Waals surface area contributed by atoms with Crippen LogP contribution in [-0.2, 0) is 6.42 Å². The van der Waals surface area contributed by atoms with Crippen LogP contribution in [0.25, 0.3) is 11.1 Å². The molecule has 5 heteroatoms. The second kappa shape index (κ2) is 6.97. The van der Waals surface area contributed by atoms with Gasteiger partial charge in [-0.25, -0.2) is 17.6 Å². The van der Waals surface area contributed by atoms with Crippen LogP contribution in [0.3, 0.4) is 0 Å². The fourth-order valence-corrected chi connectivity index (χ4v) is 4.91. The van der Waals surface area contributed by atoms with Crippen molar-refractivity contribution in [3.05, 3.63) is 70.3 Å². The molecule has 0 aromatic heterocycles. The topological polar surface area (TPSA) is 0 Å². The fraction of sp³-hybridized carbons (Fsp3) is 0.364. The molecule has 0 nitrogen and oxygen atoms in total. The van der Waals surface area contributed by atoms with Crippen molar-refractivity contribution in [2.75, 3.05) is 0 Å². The minimum absolute atomic E-state index is 0.127. The van der Waals surface area contributed by atoms with Crippen molar-refractivity contribution < 1.29 is 17.6 Å². The standard InChI is InChI=1S/C22H19ClF4/c1-2-11-3-5-14-12(7-11)4-6-15-16(14)10-17(24)20(22(15)27)13-8-18(25)21(23)19(26)9-13/h2,8-12,14H,1,3-7H2/t11-,12-,14+/m1/s1. The first-order chi connectivity index (χ1) is 12.9. The first-order valence-corrected chi connectivity index (χ1v) is 9.56. The molecule has 3 atom stereocenters. The lowest BCUT2D eigenvalue weighted by atomic mass is 9.65. The Balaban J connectivity index is 1.80. The Morgan fingerprint density at radius 3 is 2.33 bits per heavy atom. The monoisotopic (exact) mass is 394 g/mol. The maximum absolute atomic E-state index is 15.2. The van der Waals surface area contributed by atoms with Crippen LogP contribution in [0.4, 0.5) is 17.6 Å². The quantitative estimate of drug-likeness (QED) is 0.287. The van der Waals surface area contributed by atoms with Crippen LogP contribution in [-0.4, -0.2) is 0 Å². The SMILES string of the molecule is C=C[C@@H]1CC[C@@H]2c3cc(F)c(-c4cc(F)c(Cl)c(F)c4)c(F)c3CC[C@@H]2C1. The van der Waals surface area contributed by atoms with Crippen LogP contribution in [0.2, 0.25) is 5.02 Å². The number of allylic oxidation sites excluding steroid dienone is 1. The third-order valence-electron chi connectivity index (χ3n) is 6.15. The highest BCUT2D eigenvalue weighted by atomic mass is 35.5. The lowest BCUT2D eigenvalue weighted by Gasteiger charge is -2.40. The highest BCUT2D eigenvalue weighted by molar-refractivity contribution is 6.31. The molecule has 0 radical (unpaired) electrons. The molecule has 0 unspecified atom stereocenters. The summed E-state index contributed by atoms with van der Waals surface area (Å²) < 4.78 is 57.7. The van der Waals surface area contributed by atoms with Crippen molar-refractivity contribution in [1.82, 2.24) is 0 Å². The van der Waals surface area contributed by atoms with E-state index in [1.165, 1.54) is 6.07 Å². The van der Waals surface area contributed by atoms with E-state index in [-0.39, 0.29) is 17.0 Å². The van der Waals surface area contributed by atoms with Gasteiger partial charge in [-0.05, 0) is 84.7 Å². The molecule has 2 aromatic rings. The molecular formula is C22H19ClF4. The third-order valence-corrected chi connectivity index (χ3v) is 6.51. The van der Waals surface area contributed by atoms with Crippen LogP contribution in [0.1, 0.15) is 42.7 Å². The number of rotatable bonds is 2. The predicted octanol–water partition coefficient (Wildman–Crippen LogP) is 7.20. The summed E-state index contributed by atoms with van der Waals surface area (Å²) in [6.07, 6.45) is 6.12. The Bertz CT molecular complexity index is 898. The zero-order chi connectivity index (χ0) is 19.3. The molecule has 142 valence electrons. The van der Waals surface area contributed by atoms with Gasteiger partial charge in [0.1, 0.15) is 28.3 Å².